The van der Waals surface area contributed by atoms with E-state index in [1.54, 1.807) is 19.1 Å². The van der Waals surface area contributed by atoms with Gasteiger partial charge in [0.15, 0.2) is 25.1 Å². The Hall–Kier alpha value is -3.11. The molecular weight excluding hydrogens is 386 g/mol. The molecule has 1 aromatic rings. The first-order valence-corrected chi connectivity index (χ1v) is 7.71. The number of carboxylic acid groups (broad SMARTS) is 1. The van der Waals surface area contributed by atoms with Crippen molar-refractivity contribution in [3.8, 4) is 0 Å². The Morgan fingerprint density at radius 3 is 2.32 bits per heavy atom. The molecule has 0 spiro atoms. The minimum atomic E-state index is -4.53. The molecule has 0 aliphatic rings. The lowest BCUT2D eigenvalue weighted by atomic mass is 10.2. The summed E-state index contributed by atoms with van der Waals surface area (Å²) in [6.07, 6.45) is 1.85. The van der Waals surface area contributed by atoms with E-state index in [4.69, 9.17) is 5.11 Å². The van der Waals surface area contributed by atoms with Crippen molar-refractivity contribution in [3.05, 3.63) is 42.1 Å². The Labute approximate surface area is 158 Å². The summed E-state index contributed by atoms with van der Waals surface area (Å²) in [7, 11) is 1.14. The smallest absolute Gasteiger partial charge is 0.434 e. The number of halogens is 4. The molecule has 154 valence electrons. The molecular formula is C17H20F4N3O4+. The Balaban J connectivity index is 0.00000105. The summed E-state index contributed by atoms with van der Waals surface area (Å²) in [5, 5.41) is 8.56. The molecule has 0 aliphatic heterocycles. The van der Waals surface area contributed by atoms with Crippen LogP contribution in [0.2, 0.25) is 0 Å². The van der Waals surface area contributed by atoms with Crippen molar-refractivity contribution in [2.24, 2.45) is 0 Å². The third kappa shape index (κ3) is 10.1. The van der Waals surface area contributed by atoms with Crippen LogP contribution in [0.4, 0.5) is 17.6 Å². The van der Waals surface area contributed by atoms with Crippen LogP contribution in [0, 0.1) is 0 Å². The van der Waals surface area contributed by atoms with Gasteiger partial charge in [0.05, 0.1) is 25.2 Å². The third-order valence-corrected chi connectivity index (χ3v) is 2.96. The number of rotatable bonds is 7. The number of carbonyl (C=O) groups is 2. The number of aromatic nitrogens is 2. The van der Waals surface area contributed by atoms with Crippen LogP contribution in [0.1, 0.15) is 24.7 Å². The summed E-state index contributed by atoms with van der Waals surface area (Å²) in [6.45, 7) is 4.50. The molecule has 11 heteroatoms. The van der Waals surface area contributed by atoms with Crippen molar-refractivity contribution in [2.75, 3.05) is 20.3 Å². The fraction of sp³-hybridized carbons (Fsp3) is 0.353. The van der Waals surface area contributed by atoms with Crippen molar-refractivity contribution in [3.63, 3.8) is 0 Å². The topological polar surface area (TPSA) is 92.4 Å². The molecule has 0 amide bonds. The van der Waals surface area contributed by atoms with Gasteiger partial charge in [0, 0.05) is 11.6 Å². The predicted molar refractivity (Wildman–Crippen MR) is 92.3 cm³/mol. The molecule has 1 aromatic heterocycles. The number of alkyl halides is 4. The van der Waals surface area contributed by atoms with Crippen LogP contribution in [0.5, 0.6) is 0 Å². The van der Waals surface area contributed by atoms with E-state index in [0.717, 1.165) is 13.3 Å². The number of methoxy groups -OCH3 is 1. The number of ether oxygens (including phenoxy) is 1. The molecule has 0 radical (unpaired) electrons. The SMILES string of the molecule is C=[N+](/C=C\C(=C/C)c1cnc(C(F)(F)F)cn1)CCC(=O)O.COC(=O)CF. The number of aliphatic carboxylic acids is 1. The maximum Gasteiger partial charge on any atom is 0.434 e. The van der Waals surface area contributed by atoms with Crippen molar-refractivity contribution in [2.45, 2.75) is 19.5 Å². The third-order valence-electron chi connectivity index (χ3n) is 2.96. The van der Waals surface area contributed by atoms with Crippen LogP contribution < -0.4 is 0 Å². The zero-order valence-corrected chi connectivity index (χ0v) is 15.2. The lowest BCUT2D eigenvalue weighted by molar-refractivity contribution is -0.446. The van der Waals surface area contributed by atoms with Gasteiger partial charge in [-0.25, -0.2) is 18.7 Å². The van der Waals surface area contributed by atoms with Crippen molar-refractivity contribution in [1.29, 1.82) is 0 Å². The quantitative estimate of drug-likeness (QED) is 0.246. The van der Waals surface area contributed by atoms with Crippen LogP contribution in [0.25, 0.3) is 5.57 Å². The molecule has 0 aromatic carbocycles. The average molecular weight is 406 g/mol. The van der Waals surface area contributed by atoms with Gasteiger partial charge in [-0.05, 0) is 6.92 Å². The zero-order chi connectivity index (χ0) is 21.7. The Kier molecular flexibility index (Phi) is 10.9. The van der Waals surface area contributed by atoms with E-state index in [1.807, 2.05) is 0 Å². The highest BCUT2D eigenvalue weighted by Gasteiger charge is 2.32. The normalized spacial score (nSPS) is 11.6. The summed E-state index contributed by atoms with van der Waals surface area (Å²) in [5.74, 6) is -1.77. The highest BCUT2D eigenvalue weighted by molar-refractivity contribution is 5.70. The van der Waals surface area contributed by atoms with E-state index in [0.29, 0.717) is 11.8 Å². The second-order valence-corrected chi connectivity index (χ2v) is 5.01. The predicted octanol–water partition coefficient (Wildman–Crippen LogP) is 2.73. The van der Waals surface area contributed by atoms with E-state index in [2.05, 4.69) is 21.4 Å². The summed E-state index contributed by atoms with van der Waals surface area (Å²) in [6, 6.07) is 0. The van der Waals surface area contributed by atoms with Crippen LogP contribution in [-0.2, 0) is 20.5 Å². The lowest BCUT2D eigenvalue weighted by Crippen LogP contribution is -2.09. The lowest BCUT2D eigenvalue weighted by Gasteiger charge is -2.06. The van der Waals surface area contributed by atoms with E-state index in [1.165, 1.54) is 10.8 Å². The number of hydrogen-bond acceptors (Lipinski definition) is 5. The molecule has 28 heavy (non-hydrogen) atoms. The van der Waals surface area contributed by atoms with Gasteiger partial charge >= 0.3 is 18.1 Å². The van der Waals surface area contributed by atoms with Crippen LogP contribution in [0.15, 0.2) is 30.7 Å². The summed E-state index contributed by atoms with van der Waals surface area (Å²) in [4.78, 5) is 27.1. The average Bonchev–Trinajstić information content (AvgIpc) is 2.66. The fourth-order valence-corrected chi connectivity index (χ4v) is 1.51. The van der Waals surface area contributed by atoms with Crippen LogP contribution in [-0.4, -0.2) is 58.6 Å². The van der Waals surface area contributed by atoms with Gasteiger partial charge in [-0.15, -0.1) is 0 Å². The van der Waals surface area contributed by atoms with Crippen molar-refractivity contribution < 1.29 is 41.6 Å². The molecule has 0 saturated carbocycles. The molecule has 0 bridgehead atoms. The van der Waals surface area contributed by atoms with Gasteiger partial charge in [0.2, 0.25) is 0 Å². The van der Waals surface area contributed by atoms with Crippen molar-refractivity contribution >= 4 is 24.2 Å². The van der Waals surface area contributed by atoms with Gasteiger partial charge in [-0.3, -0.25) is 9.78 Å². The summed E-state index contributed by atoms with van der Waals surface area (Å²) in [5.41, 5.74) is -0.237. The van der Waals surface area contributed by atoms with E-state index < -0.39 is 30.5 Å². The van der Waals surface area contributed by atoms with E-state index in [9.17, 15) is 27.2 Å². The number of nitrogens with zero attached hydrogens (tertiary/aromatic N) is 3. The van der Waals surface area contributed by atoms with E-state index >= 15 is 0 Å². The van der Waals surface area contributed by atoms with Gasteiger partial charge in [0.25, 0.3) is 0 Å². The molecule has 7 nitrogen and oxygen atoms in total. The molecule has 1 N–H and O–H groups in total. The second-order valence-electron chi connectivity index (χ2n) is 5.01. The number of carboxylic acids is 1. The van der Waals surface area contributed by atoms with Gasteiger partial charge in [-0.2, -0.15) is 13.2 Å². The number of allylic oxidation sites excluding steroid dienone is 3. The van der Waals surface area contributed by atoms with E-state index in [-0.39, 0.29) is 18.7 Å². The Bertz CT molecular complexity index is 723. The highest BCUT2D eigenvalue weighted by atomic mass is 19.4. The molecule has 1 rings (SSSR count). The standard InChI is InChI=1S/C14H14F3N3O2.C3H5FO2/c1-3-10(4-6-20(2)7-5-13(21)22)11-8-19-12(9-18-11)14(15,16)17;1-6-3(5)2-4/h3-4,6,8-9H,2,5,7H2,1H3;2H2,1H3/p+1/b6-4-,10-3+;. The summed E-state index contributed by atoms with van der Waals surface area (Å²) < 4.78 is 53.4. The summed E-state index contributed by atoms with van der Waals surface area (Å²) >= 11 is 0. The number of hydrogen-bond donors (Lipinski definition) is 1. The van der Waals surface area contributed by atoms with Crippen LogP contribution >= 0.6 is 0 Å². The molecule has 0 atom stereocenters. The first kappa shape index (κ1) is 24.9. The van der Waals surface area contributed by atoms with Gasteiger partial charge in [0.1, 0.15) is 13.1 Å². The number of esters is 1. The number of carbonyl (C=O) groups excluding carboxylic acids is 1. The highest BCUT2D eigenvalue weighted by Crippen LogP contribution is 2.27. The largest absolute Gasteiger partial charge is 0.481 e. The molecule has 1 heterocycles. The minimum absolute atomic E-state index is 0.0703. The Morgan fingerprint density at radius 1 is 1.32 bits per heavy atom. The monoisotopic (exact) mass is 406 g/mol. The molecule has 0 saturated heterocycles. The second kappa shape index (κ2) is 12.3. The minimum Gasteiger partial charge on any atom is -0.481 e. The zero-order valence-electron chi connectivity index (χ0n) is 15.2. The Morgan fingerprint density at radius 2 is 1.96 bits per heavy atom. The first-order chi connectivity index (χ1) is 13.0. The van der Waals surface area contributed by atoms with Crippen LogP contribution in [0.3, 0.4) is 0 Å². The first-order valence-electron chi connectivity index (χ1n) is 7.71. The maximum absolute atomic E-state index is 12.4. The molecule has 0 unspecified atom stereocenters. The molecule has 0 fully saturated rings. The maximum atomic E-state index is 12.4. The van der Waals surface area contributed by atoms with Crippen molar-refractivity contribution in [1.82, 2.24) is 9.97 Å². The molecule has 0 aliphatic carbocycles. The fourth-order valence-electron chi connectivity index (χ4n) is 1.51. The van der Waals surface area contributed by atoms with Gasteiger partial charge in [-0.1, -0.05) is 6.08 Å². The van der Waals surface area contributed by atoms with Gasteiger partial charge < -0.3 is 9.84 Å².